The van der Waals surface area contributed by atoms with E-state index in [0.717, 1.165) is 33.4 Å². The van der Waals surface area contributed by atoms with Gasteiger partial charge in [0.1, 0.15) is 0 Å². The van der Waals surface area contributed by atoms with E-state index in [4.69, 9.17) is 0 Å². The van der Waals surface area contributed by atoms with Gasteiger partial charge < -0.3 is 0 Å². The first-order valence-electron chi connectivity index (χ1n) is 20.8. The molecule has 8 aromatic carbocycles. The van der Waals surface area contributed by atoms with Gasteiger partial charge in [-0.15, -0.1) is 0 Å². The molecule has 0 amide bonds. The minimum atomic E-state index is 0.109. The Morgan fingerprint density at radius 3 is 1.05 bits per heavy atom. The summed E-state index contributed by atoms with van der Waals surface area (Å²) < 4.78 is 0. The highest BCUT2D eigenvalue weighted by Crippen LogP contribution is 2.31. The standard InChI is InChI=1S/C60H50/c1-60(2,3)57-40-38-50(39-41-57)56-37-36-49(34-32-45-24-28-47(29-25-45)42-58(51-16-8-4-9-17-51)52-18-10-5-11-19-52)55(44-56)35-33-46-26-30-48(31-27-46)43-59(53-20-12-6-13-21-53)54-22-14-7-15-23-54/h4-44H,1-3H3. The lowest BCUT2D eigenvalue weighted by atomic mass is 9.86. The monoisotopic (exact) mass is 770 g/mol. The lowest BCUT2D eigenvalue weighted by Crippen LogP contribution is -2.10. The average Bonchev–Trinajstić information content (AvgIpc) is 3.30. The molecule has 0 heteroatoms. The van der Waals surface area contributed by atoms with Crippen LogP contribution in [0.2, 0.25) is 0 Å². The van der Waals surface area contributed by atoms with Crippen molar-refractivity contribution in [2.45, 2.75) is 26.2 Å². The van der Waals surface area contributed by atoms with Gasteiger partial charge in [-0.05, 0) is 107 Å². The summed E-state index contributed by atoms with van der Waals surface area (Å²) in [5, 5.41) is 0. The summed E-state index contributed by atoms with van der Waals surface area (Å²) in [4.78, 5) is 0. The minimum absolute atomic E-state index is 0.109. The van der Waals surface area contributed by atoms with Gasteiger partial charge in [-0.3, -0.25) is 0 Å². The maximum atomic E-state index is 2.31. The zero-order valence-corrected chi connectivity index (χ0v) is 34.7. The predicted molar refractivity (Wildman–Crippen MR) is 261 cm³/mol. The molecular weight excluding hydrogens is 721 g/mol. The third-order valence-electron chi connectivity index (χ3n) is 10.9. The molecule has 290 valence electrons. The summed E-state index contributed by atoms with van der Waals surface area (Å²) in [5.74, 6) is 0. The molecule has 0 unspecified atom stereocenters. The smallest absolute Gasteiger partial charge is 0.0105 e. The Balaban J connectivity index is 1.08. The number of hydrogen-bond donors (Lipinski definition) is 0. The van der Waals surface area contributed by atoms with Crippen LogP contribution in [-0.2, 0) is 5.41 Å². The van der Waals surface area contributed by atoms with E-state index < -0.39 is 0 Å². The molecule has 8 rings (SSSR count). The van der Waals surface area contributed by atoms with Crippen molar-refractivity contribution in [1.82, 2.24) is 0 Å². The van der Waals surface area contributed by atoms with Gasteiger partial charge in [0.2, 0.25) is 0 Å². The van der Waals surface area contributed by atoms with Crippen LogP contribution < -0.4 is 0 Å². The molecule has 0 aliphatic heterocycles. The number of benzene rings is 8. The number of hydrogen-bond acceptors (Lipinski definition) is 0. The summed E-state index contributed by atoms with van der Waals surface area (Å²) >= 11 is 0. The summed E-state index contributed by atoms with van der Waals surface area (Å²) in [6, 6.07) is 75.9. The van der Waals surface area contributed by atoms with Crippen molar-refractivity contribution in [1.29, 1.82) is 0 Å². The zero-order valence-electron chi connectivity index (χ0n) is 34.7. The molecule has 0 heterocycles. The molecule has 0 fully saturated rings. The Morgan fingerprint density at radius 2 is 0.667 bits per heavy atom. The topological polar surface area (TPSA) is 0 Å². The largest absolute Gasteiger partial charge is 0.0622 e. The van der Waals surface area contributed by atoms with Gasteiger partial charge in [0.05, 0.1) is 0 Å². The van der Waals surface area contributed by atoms with Crippen molar-refractivity contribution >= 4 is 47.6 Å². The highest BCUT2D eigenvalue weighted by atomic mass is 14.2. The molecule has 0 aliphatic rings. The molecule has 0 saturated carbocycles. The summed E-state index contributed by atoms with van der Waals surface area (Å²) in [6.45, 7) is 6.78. The van der Waals surface area contributed by atoms with Gasteiger partial charge in [-0.2, -0.15) is 0 Å². The van der Waals surface area contributed by atoms with Crippen LogP contribution >= 0.6 is 0 Å². The van der Waals surface area contributed by atoms with Crippen molar-refractivity contribution in [2.24, 2.45) is 0 Å². The fraction of sp³-hybridized carbons (Fsp3) is 0.0667. The molecule has 60 heavy (non-hydrogen) atoms. The van der Waals surface area contributed by atoms with E-state index in [1.807, 2.05) is 0 Å². The number of rotatable bonds is 11. The first kappa shape index (κ1) is 39.5. The van der Waals surface area contributed by atoms with Crippen molar-refractivity contribution in [3.8, 4) is 11.1 Å². The molecule has 0 N–H and O–H groups in total. The second kappa shape index (κ2) is 18.5. The van der Waals surface area contributed by atoms with Crippen LogP contribution in [0.15, 0.2) is 212 Å². The molecule has 0 aromatic heterocycles. The Morgan fingerprint density at radius 1 is 0.317 bits per heavy atom. The third-order valence-corrected chi connectivity index (χ3v) is 10.9. The first-order chi connectivity index (χ1) is 29.4. The van der Waals surface area contributed by atoms with Crippen LogP contribution in [0, 0.1) is 0 Å². The second-order valence-corrected chi connectivity index (χ2v) is 16.3. The maximum Gasteiger partial charge on any atom is -0.0105 e. The first-order valence-corrected chi connectivity index (χ1v) is 20.8. The maximum absolute atomic E-state index is 2.31. The fourth-order valence-corrected chi connectivity index (χ4v) is 7.46. The van der Waals surface area contributed by atoms with E-state index in [1.165, 1.54) is 50.1 Å². The van der Waals surface area contributed by atoms with Crippen LogP contribution in [0.25, 0.3) is 58.7 Å². The summed E-state index contributed by atoms with van der Waals surface area (Å²) in [6.07, 6.45) is 13.5. The minimum Gasteiger partial charge on any atom is -0.0622 e. The molecule has 0 saturated heterocycles. The highest BCUT2D eigenvalue weighted by molar-refractivity contribution is 5.93. The molecule has 0 radical (unpaired) electrons. The van der Waals surface area contributed by atoms with Gasteiger partial charge in [0.15, 0.2) is 0 Å². The molecule has 0 bridgehead atoms. The quantitative estimate of drug-likeness (QED) is 0.115. The van der Waals surface area contributed by atoms with Crippen LogP contribution in [-0.4, -0.2) is 0 Å². The Bertz CT molecular complexity index is 2660. The van der Waals surface area contributed by atoms with E-state index in [0.29, 0.717) is 0 Å². The fourth-order valence-electron chi connectivity index (χ4n) is 7.46. The molecule has 8 aromatic rings. The highest BCUT2D eigenvalue weighted by Gasteiger charge is 2.13. The molecule has 0 spiro atoms. The van der Waals surface area contributed by atoms with Crippen LogP contribution in [0.1, 0.15) is 82.0 Å². The Labute approximate surface area is 356 Å². The van der Waals surface area contributed by atoms with Crippen LogP contribution in [0.4, 0.5) is 0 Å². The van der Waals surface area contributed by atoms with Gasteiger partial charge in [0, 0.05) is 0 Å². The van der Waals surface area contributed by atoms with E-state index in [2.05, 4.69) is 270 Å². The van der Waals surface area contributed by atoms with Gasteiger partial charge >= 0.3 is 0 Å². The van der Waals surface area contributed by atoms with Gasteiger partial charge in [-0.25, -0.2) is 0 Å². The van der Waals surface area contributed by atoms with Crippen molar-refractivity contribution in [3.63, 3.8) is 0 Å². The van der Waals surface area contributed by atoms with Gasteiger partial charge in [-0.1, -0.05) is 251 Å². The van der Waals surface area contributed by atoms with E-state index in [-0.39, 0.29) is 5.41 Å². The molecule has 0 atom stereocenters. The summed E-state index contributed by atoms with van der Waals surface area (Å²) in [7, 11) is 0. The van der Waals surface area contributed by atoms with E-state index in [1.54, 1.807) is 0 Å². The Hall–Kier alpha value is -7.28. The lowest BCUT2D eigenvalue weighted by Gasteiger charge is -2.19. The summed E-state index contributed by atoms with van der Waals surface area (Å²) in [5.41, 5.74) is 18.0. The van der Waals surface area contributed by atoms with Crippen LogP contribution in [0.5, 0.6) is 0 Å². The molecule has 0 nitrogen and oxygen atoms in total. The van der Waals surface area contributed by atoms with Crippen molar-refractivity contribution < 1.29 is 0 Å². The second-order valence-electron chi connectivity index (χ2n) is 16.3. The van der Waals surface area contributed by atoms with Crippen molar-refractivity contribution in [2.75, 3.05) is 0 Å². The third kappa shape index (κ3) is 10.0. The molecule has 0 aliphatic carbocycles. The zero-order chi connectivity index (χ0) is 41.2. The Kier molecular flexibility index (Phi) is 12.2. The van der Waals surface area contributed by atoms with Crippen LogP contribution in [0.3, 0.4) is 0 Å². The van der Waals surface area contributed by atoms with E-state index >= 15 is 0 Å². The molecular formula is C60H50. The van der Waals surface area contributed by atoms with E-state index in [9.17, 15) is 0 Å². The average molecular weight is 771 g/mol. The SMILES string of the molecule is CC(C)(C)c1ccc(-c2ccc(C=Cc3ccc(C=C(c4ccccc4)c4ccccc4)cc3)c(C=Cc3ccc(C=C(c4ccccc4)c4ccccc4)cc3)c2)cc1. The van der Waals surface area contributed by atoms with Gasteiger partial charge in [0.25, 0.3) is 0 Å². The normalized spacial score (nSPS) is 11.4. The predicted octanol–water partition coefficient (Wildman–Crippen LogP) is 16.2. The van der Waals surface area contributed by atoms with Crippen molar-refractivity contribution in [3.05, 3.63) is 274 Å². The lowest BCUT2D eigenvalue weighted by molar-refractivity contribution is 0.590.